The third-order valence-electron chi connectivity index (χ3n) is 4.77. The van der Waals surface area contributed by atoms with E-state index in [2.05, 4.69) is 52.6 Å². The Morgan fingerprint density at radius 1 is 1.41 bits per heavy atom. The molecule has 0 aliphatic carbocycles. The summed E-state index contributed by atoms with van der Waals surface area (Å²) in [6.07, 6.45) is 7.31. The summed E-state index contributed by atoms with van der Waals surface area (Å²) in [5.74, 6) is 0.912. The molecule has 2 aromatic rings. The van der Waals surface area contributed by atoms with Crippen LogP contribution in [-0.4, -0.2) is 52.9 Å². The maximum Gasteiger partial charge on any atom is 0.191 e. The number of rotatable bonds is 6. The van der Waals surface area contributed by atoms with Gasteiger partial charge in [0.15, 0.2) is 5.96 Å². The highest BCUT2D eigenvalue weighted by atomic mass is 32.1. The van der Waals surface area contributed by atoms with E-state index in [0.717, 1.165) is 55.7 Å². The van der Waals surface area contributed by atoms with Gasteiger partial charge in [-0.3, -0.25) is 9.67 Å². The summed E-state index contributed by atoms with van der Waals surface area (Å²) < 4.78 is 1.86. The molecule has 1 fully saturated rings. The van der Waals surface area contributed by atoms with Crippen LogP contribution in [0.1, 0.15) is 35.3 Å². The molecule has 0 amide bonds. The van der Waals surface area contributed by atoms with Gasteiger partial charge in [0.05, 0.1) is 22.6 Å². The molecule has 0 radical (unpaired) electrons. The summed E-state index contributed by atoms with van der Waals surface area (Å²) in [6.45, 7) is 9.95. The summed E-state index contributed by atoms with van der Waals surface area (Å²) >= 11 is 1.78. The van der Waals surface area contributed by atoms with Crippen LogP contribution in [0.5, 0.6) is 0 Å². The number of aromatic nitrogens is 3. The number of guanidine groups is 1. The van der Waals surface area contributed by atoms with Crippen molar-refractivity contribution in [1.82, 2.24) is 25.4 Å². The summed E-state index contributed by atoms with van der Waals surface area (Å²) in [7, 11) is 1.96. The highest BCUT2D eigenvalue weighted by Gasteiger charge is 2.21. The fourth-order valence-corrected chi connectivity index (χ4v) is 4.41. The highest BCUT2D eigenvalue weighted by molar-refractivity contribution is 7.11. The second-order valence-electron chi connectivity index (χ2n) is 7.05. The zero-order chi connectivity index (χ0) is 19.2. The van der Waals surface area contributed by atoms with Gasteiger partial charge in [0.2, 0.25) is 0 Å². The van der Waals surface area contributed by atoms with Crippen LogP contribution in [0.2, 0.25) is 0 Å². The van der Waals surface area contributed by atoms with E-state index in [1.807, 2.05) is 17.9 Å². The Morgan fingerprint density at radius 2 is 2.26 bits per heavy atom. The number of nitrogens with one attached hydrogen (secondary N) is 2. The number of aryl methyl sites for hydroxylation is 3. The van der Waals surface area contributed by atoms with E-state index >= 15 is 0 Å². The average Bonchev–Trinajstić information content (AvgIpc) is 3.20. The number of aliphatic imine (C=N–C) groups is 1. The van der Waals surface area contributed by atoms with Gasteiger partial charge in [-0.2, -0.15) is 5.10 Å². The smallest absolute Gasteiger partial charge is 0.191 e. The normalized spacial score (nSPS) is 18.0. The van der Waals surface area contributed by atoms with Gasteiger partial charge < -0.3 is 15.5 Å². The van der Waals surface area contributed by atoms with Gasteiger partial charge in [-0.05, 0) is 33.6 Å². The molecule has 0 spiro atoms. The first-order valence-corrected chi connectivity index (χ1v) is 10.6. The predicted octanol–water partition coefficient (Wildman–Crippen LogP) is 2.26. The zero-order valence-corrected chi connectivity index (χ0v) is 17.6. The lowest BCUT2D eigenvalue weighted by Gasteiger charge is -2.34. The van der Waals surface area contributed by atoms with Crippen molar-refractivity contribution in [3.8, 4) is 0 Å². The molecule has 1 aliphatic rings. The van der Waals surface area contributed by atoms with Crippen LogP contribution in [0, 0.1) is 13.8 Å². The molecule has 3 heterocycles. The van der Waals surface area contributed by atoms with Gasteiger partial charge in [0, 0.05) is 56.8 Å². The maximum absolute atomic E-state index is 4.79. The van der Waals surface area contributed by atoms with Crippen LogP contribution < -0.4 is 15.5 Å². The van der Waals surface area contributed by atoms with Crippen molar-refractivity contribution in [1.29, 1.82) is 0 Å². The number of hydrogen-bond donors (Lipinski definition) is 2. The van der Waals surface area contributed by atoms with Gasteiger partial charge in [-0.25, -0.2) is 4.98 Å². The van der Waals surface area contributed by atoms with E-state index in [0.29, 0.717) is 6.04 Å². The van der Waals surface area contributed by atoms with Crippen LogP contribution >= 0.6 is 11.3 Å². The maximum atomic E-state index is 4.79. The third kappa shape index (κ3) is 5.45. The summed E-state index contributed by atoms with van der Waals surface area (Å²) in [6, 6.07) is 0.393. The lowest BCUT2D eigenvalue weighted by molar-refractivity contribution is 0.468. The molecule has 1 saturated heterocycles. The molecule has 1 aliphatic heterocycles. The van der Waals surface area contributed by atoms with Crippen LogP contribution in [0.4, 0.5) is 5.69 Å². The van der Waals surface area contributed by atoms with Gasteiger partial charge in [-0.1, -0.05) is 0 Å². The fourth-order valence-electron chi connectivity index (χ4n) is 3.49. The van der Waals surface area contributed by atoms with Crippen LogP contribution in [0.3, 0.4) is 0 Å². The molecule has 27 heavy (non-hydrogen) atoms. The summed E-state index contributed by atoms with van der Waals surface area (Å²) in [5, 5.41) is 12.4. The van der Waals surface area contributed by atoms with Crippen LogP contribution in [0.15, 0.2) is 17.4 Å². The largest absolute Gasteiger partial charge is 0.367 e. The molecule has 0 saturated carbocycles. The topological polar surface area (TPSA) is 70.4 Å². The quantitative estimate of drug-likeness (QED) is 0.586. The first-order chi connectivity index (χ1) is 13.0. The molecule has 148 valence electrons. The van der Waals surface area contributed by atoms with Crippen LogP contribution in [-0.2, 0) is 13.5 Å². The van der Waals surface area contributed by atoms with Crippen LogP contribution in [0.25, 0.3) is 0 Å². The summed E-state index contributed by atoms with van der Waals surface area (Å²) in [4.78, 5) is 13.0. The Labute approximate surface area is 165 Å². The average molecular weight is 390 g/mol. The molecule has 8 heteroatoms. The SMILES string of the molecule is CCNC(=NCCc1sc(C)nc1C)NC1CCCN(c2cnn(C)c2)C1. The second-order valence-corrected chi connectivity index (χ2v) is 8.34. The van der Waals surface area contributed by atoms with E-state index in [1.165, 1.54) is 17.0 Å². The fraction of sp³-hybridized carbons (Fsp3) is 0.632. The summed E-state index contributed by atoms with van der Waals surface area (Å²) in [5.41, 5.74) is 2.34. The monoisotopic (exact) mass is 389 g/mol. The minimum absolute atomic E-state index is 0.393. The first kappa shape index (κ1) is 19.7. The predicted molar refractivity (Wildman–Crippen MR) is 113 cm³/mol. The number of nitrogens with zero attached hydrogens (tertiary/aromatic N) is 5. The van der Waals surface area contributed by atoms with Crippen molar-refractivity contribution < 1.29 is 0 Å². The number of anilines is 1. The van der Waals surface area contributed by atoms with E-state index in [-0.39, 0.29) is 0 Å². The molecular formula is C19H31N7S. The number of hydrogen-bond acceptors (Lipinski definition) is 5. The Balaban J connectivity index is 1.57. The van der Waals surface area contributed by atoms with Crippen molar-refractivity contribution in [2.24, 2.45) is 12.0 Å². The molecule has 0 bridgehead atoms. The first-order valence-electron chi connectivity index (χ1n) is 9.76. The Morgan fingerprint density at radius 3 is 2.93 bits per heavy atom. The van der Waals surface area contributed by atoms with E-state index < -0.39 is 0 Å². The molecule has 1 unspecified atom stereocenters. The number of piperidine rings is 1. The van der Waals surface area contributed by atoms with Gasteiger partial charge in [0.25, 0.3) is 0 Å². The number of thiazole rings is 1. The minimum atomic E-state index is 0.393. The van der Waals surface area contributed by atoms with Crippen molar-refractivity contribution in [3.63, 3.8) is 0 Å². The molecule has 0 aromatic carbocycles. The third-order valence-corrected chi connectivity index (χ3v) is 5.90. The Bertz CT molecular complexity index is 764. The standard InChI is InChI=1S/C19H31N7S/c1-5-20-19(21-9-8-18-14(2)23-15(3)27-18)24-16-7-6-10-26(12-16)17-11-22-25(4)13-17/h11,13,16H,5-10,12H2,1-4H3,(H2,20,21,24). The molecule has 7 nitrogen and oxygen atoms in total. The van der Waals surface area contributed by atoms with Crippen molar-refractivity contribution in [2.75, 3.05) is 31.1 Å². The molecule has 2 N–H and O–H groups in total. The van der Waals surface area contributed by atoms with E-state index in [1.54, 1.807) is 11.3 Å². The van der Waals surface area contributed by atoms with E-state index in [9.17, 15) is 0 Å². The van der Waals surface area contributed by atoms with Crippen molar-refractivity contribution >= 4 is 23.0 Å². The van der Waals surface area contributed by atoms with Crippen molar-refractivity contribution in [2.45, 2.75) is 46.1 Å². The molecule has 1 atom stereocenters. The molecular weight excluding hydrogens is 358 g/mol. The Hall–Kier alpha value is -2.09. The van der Waals surface area contributed by atoms with Gasteiger partial charge in [0.1, 0.15) is 0 Å². The van der Waals surface area contributed by atoms with Gasteiger partial charge >= 0.3 is 0 Å². The van der Waals surface area contributed by atoms with Gasteiger partial charge in [-0.15, -0.1) is 11.3 Å². The highest BCUT2D eigenvalue weighted by Crippen LogP contribution is 2.19. The molecule has 2 aromatic heterocycles. The second kappa shape index (κ2) is 9.21. The lowest BCUT2D eigenvalue weighted by atomic mass is 10.1. The Kier molecular flexibility index (Phi) is 6.71. The van der Waals surface area contributed by atoms with E-state index in [4.69, 9.17) is 4.99 Å². The van der Waals surface area contributed by atoms with Crippen molar-refractivity contribution in [3.05, 3.63) is 28.0 Å². The minimum Gasteiger partial charge on any atom is -0.367 e. The molecule has 3 rings (SSSR count). The zero-order valence-electron chi connectivity index (χ0n) is 16.8. The lowest BCUT2D eigenvalue weighted by Crippen LogP contribution is -2.51.